The highest BCUT2D eigenvalue weighted by Gasteiger charge is 2.30. The fourth-order valence-corrected chi connectivity index (χ4v) is 3.61. The number of anilines is 2. The smallest absolute Gasteiger partial charge is 0.150 e. The van der Waals surface area contributed by atoms with Crippen molar-refractivity contribution < 1.29 is 9.50 Å². The van der Waals surface area contributed by atoms with Crippen molar-refractivity contribution in [1.82, 2.24) is 20.0 Å². The lowest BCUT2D eigenvalue weighted by Gasteiger charge is -2.27. The number of nitriles is 1. The molecule has 148 valence electrons. The molecule has 0 saturated carbocycles. The minimum Gasteiger partial charge on any atom is -0.384 e. The summed E-state index contributed by atoms with van der Waals surface area (Å²) in [5.41, 5.74) is 8.49. The molecule has 4 rings (SSSR count). The minimum absolute atomic E-state index is 0.164. The molecule has 4 N–H and O–H groups in total. The van der Waals surface area contributed by atoms with Crippen LogP contribution in [0.1, 0.15) is 42.1 Å². The highest BCUT2D eigenvalue weighted by atomic mass is 19.1. The molecule has 0 unspecified atom stereocenters. The van der Waals surface area contributed by atoms with E-state index < -0.39 is 11.4 Å². The molecular formula is C20H20FN7O. The first-order chi connectivity index (χ1) is 13.7. The van der Waals surface area contributed by atoms with Crippen LogP contribution in [0.2, 0.25) is 0 Å². The highest BCUT2D eigenvalue weighted by molar-refractivity contribution is 5.84. The lowest BCUT2D eigenvalue weighted by molar-refractivity contribution is 0.0696. The molecule has 2 aromatic heterocycles. The third-order valence-electron chi connectivity index (χ3n) is 4.96. The van der Waals surface area contributed by atoms with Crippen molar-refractivity contribution in [2.45, 2.75) is 26.0 Å². The van der Waals surface area contributed by atoms with Crippen molar-refractivity contribution in [2.24, 2.45) is 7.05 Å². The quantitative estimate of drug-likeness (QED) is 0.628. The van der Waals surface area contributed by atoms with Gasteiger partial charge < -0.3 is 15.7 Å². The van der Waals surface area contributed by atoms with Crippen LogP contribution in [-0.2, 0) is 19.2 Å². The van der Waals surface area contributed by atoms with Crippen LogP contribution in [0.25, 0.3) is 5.57 Å². The summed E-state index contributed by atoms with van der Waals surface area (Å²) >= 11 is 0. The molecule has 0 saturated heterocycles. The molecule has 0 amide bonds. The van der Waals surface area contributed by atoms with Gasteiger partial charge in [0.25, 0.3) is 0 Å². The number of halogens is 1. The topological polar surface area (TPSA) is 120 Å². The molecule has 8 nitrogen and oxygen atoms in total. The molecule has 0 radical (unpaired) electrons. The summed E-state index contributed by atoms with van der Waals surface area (Å²) in [4.78, 5) is 1.63. The van der Waals surface area contributed by atoms with E-state index >= 15 is 0 Å². The van der Waals surface area contributed by atoms with Gasteiger partial charge in [-0.3, -0.25) is 9.78 Å². The fourth-order valence-electron chi connectivity index (χ4n) is 3.61. The summed E-state index contributed by atoms with van der Waals surface area (Å²) in [5, 5.41) is 31.4. The van der Waals surface area contributed by atoms with E-state index in [9.17, 15) is 14.8 Å². The second-order valence-electron chi connectivity index (χ2n) is 7.48. The highest BCUT2D eigenvalue weighted by Crippen LogP contribution is 2.37. The Balaban J connectivity index is 1.91. The Labute approximate surface area is 166 Å². The van der Waals surface area contributed by atoms with Crippen molar-refractivity contribution in [1.29, 1.82) is 5.26 Å². The number of fused-ring (bicyclic) bond motifs is 1. The molecule has 0 atom stereocenters. The molecule has 29 heavy (non-hydrogen) atoms. The minimum atomic E-state index is -1.09. The Hall–Kier alpha value is -3.64. The number of aromatic nitrogens is 4. The van der Waals surface area contributed by atoms with E-state index in [1.807, 2.05) is 6.07 Å². The largest absolute Gasteiger partial charge is 0.384 e. The first-order valence-corrected chi connectivity index (χ1v) is 8.98. The van der Waals surface area contributed by atoms with Gasteiger partial charge >= 0.3 is 0 Å². The zero-order valence-electron chi connectivity index (χ0n) is 16.2. The SMILES string of the molecule is Cn1nc(C2=CN(c3c(F)cccc3C#N)Cc3c(N)n[nH]c32)cc1C(C)(C)O. The molecule has 1 aromatic carbocycles. The first kappa shape index (κ1) is 18.7. The van der Waals surface area contributed by atoms with Crippen LogP contribution in [0, 0.1) is 17.1 Å². The fraction of sp³-hybridized carbons (Fsp3) is 0.250. The normalized spacial score (nSPS) is 13.8. The van der Waals surface area contributed by atoms with E-state index in [4.69, 9.17) is 5.73 Å². The van der Waals surface area contributed by atoms with Gasteiger partial charge in [-0.1, -0.05) is 6.07 Å². The van der Waals surface area contributed by atoms with Gasteiger partial charge in [0.2, 0.25) is 0 Å². The van der Waals surface area contributed by atoms with Gasteiger partial charge in [0.15, 0.2) is 5.82 Å². The summed E-state index contributed by atoms with van der Waals surface area (Å²) in [6.45, 7) is 3.60. The van der Waals surface area contributed by atoms with Crippen molar-refractivity contribution in [3.05, 3.63) is 64.5 Å². The van der Waals surface area contributed by atoms with Crippen molar-refractivity contribution in [3.8, 4) is 6.07 Å². The second-order valence-corrected chi connectivity index (χ2v) is 7.48. The molecule has 3 aromatic rings. The van der Waals surface area contributed by atoms with Crippen LogP contribution in [0.3, 0.4) is 0 Å². The zero-order chi connectivity index (χ0) is 20.9. The van der Waals surface area contributed by atoms with E-state index in [1.54, 1.807) is 48.8 Å². The third-order valence-corrected chi connectivity index (χ3v) is 4.96. The van der Waals surface area contributed by atoms with E-state index in [-0.39, 0.29) is 17.8 Å². The summed E-state index contributed by atoms with van der Waals surface area (Å²) in [6, 6.07) is 8.17. The molecule has 1 aliphatic rings. The Morgan fingerprint density at radius 3 is 2.79 bits per heavy atom. The van der Waals surface area contributed by atoms with Crippen LogP contribution in [0.4, 0.5) is 15.9 Å². The van der Waals surface area contributed by atoms with Crippen molar-refractivity contribution in [3.63, 3.8) is 0 Å². The Morgan fingerprint density at radius 2 is 2.14 bits per heavy atom. The predicted molar refractivity (Wildman–Crippen MR) is 106 cm³/mol. The lowest BCUT2D eigenvalue weighted by atomic mass is 9.98. The van der Waals surface area contributed by atoms with Crippen LogP contribution >= 0.6 is 0 Å². The van der Waals surface area contributed by atoms with Gasteiger partial charge in [-0.25, -0.2) is 4.39 Å². The number of benzene rings is 1. The second kappa shape index (κ2) is 6.46. The monoisotopic (exact) mass is 393 g/mol. The van der Waals surface area contributed by atoms with Crippen LogP contribution < -0.4 is 10.6 Å². The Bertz CT molecular complexity index is 1180. The van der Waals surface area contributed by atoms with Crippen LogP contribution in [0.15, 0.2) is 30.5 Å². The van der Waals surface area contributed by atoms with E-state index in [0.29, 0.717) is 34.0 Å². The maximum absolute atomic E-state index is 14.6. The average Bonchev–Trinajstić information content (AvgIpc) is 3.24. The number of H-pyrrole nitrogens is 1. The summed E-state index contributed by atoms with van der Waals surface area (Å²) in [5.74, 6) is -0.215. The predicted octanol–water partition coefficient (Wildman–Crippen LogP) is 2.37. The van der Waals surface area contributed by atoms with Gasteiger partial charge in [0, 0.05) is 24.4 Å². The van der Waals surface area contributed by atoms with Gasteiger partial charge in [-0.15, -0.1) is 0 Å². The summed E-state index contributed by atoms with van der Waals surface area (Å²) in [6.07, 6.45) is 1.72. The number of aromatic amines is 1. The van der Waals surface area contributed by atoms with E-state index in [1.165, 1.54) is 12.1 Å². The summed E-state index contributed by atoms with van der Waals surface area (Å²) in [7, 11) is 1.74. The number of rotatable bonds is 3. The number of nitrogen functional groups attached to an aromatic ring is 1. The molecular weight excluding hydrogens is 373 g/mol. The number of aliphatic hydroxyl groups is 1. The van der Waals surface area contributed by atoms with Crippen molar-refractivity contribution >= 4 is 17.1 Å². The molecule has 0 fully saturated rings. The zero-order valence-corrected chi connectivity index (χ0v) is 16.2. The number of aryl methyl sites for hydroxylation is 1. The number of nitrogens with two attached hydrogens (primary N) is 1. The molecule has 1 aliphatic heterocycles. The van der Waals surface area contributed by atoms with E-state index in [0.717, 1.165) is 0 Å². The lowest BCUT2D eigenvalue weighted by Crippen LogP contribution is -2.23. The number of nitrogens with zero attached hydrogens (tertiary/aromatic N) is 5. The third kappa shape index (κ3) is 3.03. The maximum Gasteiger partial charge on any atom is 0.150 e. The standard InChI is InChI=1S/C20H20FN7O/c1-20(2,29)16-7-15(26-27(16)3)12-9-28(10-13-17(12)24-25-19(13)23)18-11(8-22)5-4-6-14(18)21/h4-7,9,29H,10H2,1-3H3,(H3,23,24,25). The molecule has 9 heteroatoms. The molecule has 0 spiro atoms. The van der Waals surface area contributed by atoms with Gasteiger partial charge in [-0.2, -0.15) is 15.5 Å². The summed E-state index contributed by atoms with van der Waals surface area (Å²) < 4.78 is 16.2. The number of nitrogens with one attached hydrogen (secondary N) is 1. The van der Waals surface area contributed by atoms with E-state index in [2.05, 4.69) is 15.3 Å². The first-order valence-electron chi connectivity index (χ1n) is 8.98. The molecule has 0 bridgehead atoms. The Kier molecular flexibility index (Phi) is 4.17. The maximum atomic E-state index is 14.6. The molecule has 0 aliphatic carbocycles. The number of hydrogen-bond donors (Lipinski definition) is 3. The average molecular weight is 393 g/mol. The van der Waals surface area contributed by atoms with Crippen LogP contribution in [-0.4, -0.2) is 25.1 Å². The Morgan fingerprint density at radius 1 is 1.38 bits per heavy atom. The van der Waals surface area contributed by atoms with Gasteiger partial charge in [0.05, 0.1) is 34.9 Å². The van der Waals surface area contributed by atoms with Gasteiger partial charge in [-0.05, 0) is 32.0 Å². The van der Waals surface area contributed by atoms with Gasteiger partial charge in [0.1, 0.15) is 17.5 Å². The van der Waals surface area contributed by atoms with Crippen molar-refractivity contribution in [2.75, 3.05) is 10.6 Å². The molecule has 3 heterocycles. The number of hydrogen-bond acceptors (Lipinski definition) is 6. The van der Waals surface area contributed by atoms with Crippen LogP contribution in [0.5, 0.6) is 0 Å². The number of para-hydroxylation sites is 1.